The van der Waals surface area contributed by atoms with Crippen LogP contribution in [0.1, 0.15) is 17.3 Å². The monoisotopic (exact) mass is 290 g/mol. The molecule has 3 amide bonds. The summed E-state index contributed by atoms with van der Waals surface area (Å²) in [5.41, 5.74) is 1.41. The highest BCUT2D eigenvalue weighted by Crippen LogP contribution is 2.24. The minimum atomic E-state index is -0.664. The van der Waals surface area contributed by atoms with Gasteiger partial charge >= 0.3 is 6.03 Å². The molecule has 2 heterocycles. The first-order chi connectivity index (χ1) is 9.65. The van der Waals surface area contributed by atoms with E-state index in [-0.39, 0.29) is 12.5 Å². The third-order valence-electron chi connectivity index (χ3n) is 3.11. The Kier molecular flexibility index (Phi) is 3.15. The lowest BCUT2D eigenvalue weighted by Crippen LogP contribution is -2.30. The van der Waals surface area contributed by atoms with E-state index in [1.165, 1.54) is 6.33 Å². The number of amides is 3. The van der Waals surface area contributed by atoms with Crippen LogP contribution in [0.4, 0.5) is 4.79 Å². The first-order valence-corrected chi connectivity index (χ1v) is 6.37. The zero-order chi connectivity index (χ0) is 14.1. The maximum absolute atomic E-state index is 12.3. The molecule has 3 rings (SSSR count). The second kappa shape index (κ2) is 4.97. The van der Waals surface area contributed by atoms with Crippen molar-refractivity contribution in [3.8, 4) is 0 Å². The molecule has 7 heteroatoms. The van der Waals surface area contributed by atoms with Gasteiger partial charge in [-0.3, -0.25) is 9.69 Å². The van der Waals surface area contributed by atoms with Gasteiger partial charge in [0.1, 0.15) is 6.04 Å². The van der Waals surface area contributed by atoms with E-state index in [9.17, 15) is 9.59 Å². The molecule has 0 bridgehead atoms. The molecule has 1 unspecified atom stereocenters. The lowest BCUT2D eigenvalue weighted by Gasteiger charge is -2.11. The number of nitrogens with zero attached hydrogens (tertiary/aromatic N) is 2. The van der Waals surface area contributed by atoms with Crippen LogP contribution in [0, 0.1) is 0 Å². The highest BCUT2D eigenvalue weighted by atomic mass is 35.5. The van der Waals surface area contributed by atoms with Crippen LogP contribution in [0.3, 0.4) is 0 Å². The maximum Gasteiger partial charge on any atom is 0.325 e. The third kappa shape index (κ3) is 2.25. The summed E-state index contributed by atoms with van der Waals surface area (Å²) in [6.45, 7) is 0.175. The summed E-state index contributed by atoms with van der Waals surface area (Å²) in [4.78, 5) is 32.1. The summed E-state index contributed by atoms with van der Waals surface area (Å²) in [7, 11) is 0. The second-order valence-electron chi connectivity index (χ2n) is 4.44. The summed E-state index contributed by atoms with van der Waals surface area (Å²) in [6, 6.07) is 5.75. The van der Waals surface area contributed by atoms with Crippen LogP contribution in [0.15, 0.2) is 36.8 Å². The van der Waals surface area contributed by atoms with Crippen LogP contribution < -0.4 is 5.32 Å². The molecule has 2 N–H and O–H groups in total. The van der Waals surface area contributed by atoms with Crippen LogP contribution in [-0.4, -0.2) is 26.8 Å². The van der Waals surface area contributed by atoms with Gasteiger partial charge in [-0.1, -0.05) is 23.7 Å². The number of rotatable bonds is 3. The predicted octanol–water partition coefficient (Wildman–Crippen LogP) is 1.86. The van der Waals surface area contributed by atoms with Gasteiger partial charge in [0.25, 0.3) is 5.91 Å². The lowest BCUT2D eigenvalue weighted by atomic mass is 10.1. The van der Waals surface area contributed by atoms with Crippen molar-refractivity contribution in [2.75, 3.05) is 0 Å². The Bertz CT molecular complexity index is 639. The fraction of sp³-hybridized carbons (Fsp3) is 0.154. The standard InChI is InChI=1S/C13H11ClN4O2/c14-9-3-1-8(2-4-9)11-12(19)18(13(20)17-11)6-10-5-15-7-16-10/h1-5,7,11H,6H2,(H,15,16)(H,17,20). The van der Waals surface area contributed by atoms with Crippen LogP contribution in [-0.2, 0) is 11.3 Å². The molecule has 1 aromatic carbocycles. The zero-order valence-corrected chi connectivity index (χ0v) is 11.1. The highest BCUT2D eigenvalue weighted by Gasteiger charge is 2.38. The number of nitrogens with one attached hydrogen (secondary N) is 2. The smallest absolute Gasteiger partial charge is 0.325 e. The number of hydrogen-bond acceptors (Lipinski definition) is 3. The minimum absolute atomic E-state index is 0.175. The Labute approximate surface area is 119 Å². The first-order valence-electron chi connectivity index (χ1n) is 6.00. The maximum atomic E-state index is 12.3. The van der Waals surface area contributed by atoms with Crippen molar-refractivity contribution in [2.24, 2.45) is 0 Å². The van der Waals surface area contributed by atoms with E-state index in [2.05, 4.69) is 15.3 Å². The van der Waals surface area contributed by atoms with Crippen molar-refractivity contribution in [1.82, 2.24) is 20.2 Å². The van der Waals surface area contributed by atoms with Gasteiger partial charge in [0.05, 0.1) is 18.6 Å². The van der Waals surface area contributed by atoms with E-state index in [0.717, 1.165) is 4.90 Å². The average Bonchev–Trinajstić information content (AvgIpc) is 3.04. The molecule has 0 radical (unpaired) electrons. The van der Waals surface area contributed by atoms with Crippen LogP contribution in [0.25, 0.3) is 0 Å². The molecular formula is C13H11ClN4O2. The van der Waals surface area contributed by atoms with Gasteiger partial charge in [0.2, 0.25) is 0 Å². The molecule has 1 fully saturated rings. The van der Waals surface area contributed by atoms with Gasteiger partial charge in [0, 0.05) is 11.2 Å². The van der Waals surface area contributed by atoms with Crippen molar-refractivity contribution in [3.63, 3.8) is 0 Å². The Hall–Kier alpha value is -2.34. The van der Waals surface area contributed by atoms with Crippen molar-refractivity contribution in [3.05, 3.63) is 53.1 Å². The Balaban J connectivity index is 1.81. The number of halogens is 1. The van der Waals surface area contributed by atoms with Gasteiger partial charge in [0.15, 0.2) is 0 Å². The zero-order valence-electron chi connectivity index (χ0n) is 10.3. The summed E-state index contributed by atoms with van der Waals surface area (Å²) in [5, 5.41) is 3.25. The molecule has 1 saturated heterocycles. The van der Waals surface area contributed by atoms with E-state index in [1.54, 1.807) is 30.5 Å². The lowest BCUT2D eigenvalue weighted by molar-refractivity contribution is -0.128. The van der Waals surface area contributed by atoms with Gasteiger partial charge in [-0.25, -0.2) is 9.78 Å². The first kappa shape index (κ1) is 12.7. The molecule has 1 aliphatic rings. The molecule has 0 spiro atoms. The number of imide groups is 1. The Morgan fingerprint density at radius 2 is 2.00 bits per heavy atom. The number of imidazole rings is 1. The van der Waals surface area contributed by atoms with Crippen LogP contribution >= 0.6 is 11.6 Å². The molecule has 6 nitrogen and oxygen atoms in total. The van der Waals surface area contributed by atoms with Crippen molar-refractivity contribution < 1.29 is 9.59 Å². The van der Waals surface area contributed by atoms with E-state index in [4.69, 9.17) is 11.6 Å². The number of benzene rings is 1. The SMILES string of the molecule is O=C1NC(c2ccc(Cl)cc2)C(=O)N1Cc1cnc[nH]1. The quantitative estimate of drug-likeness (QED) is 0.847. The number of carbonyl (C=O) groups is 2. The molecule has 1 aliphatic heterocycles. The summed E-state index contributed by atoms with van der Waals surface area (Å²) in [5.74, 6) is -0.285. The molecule has 1 aromatic heterocycles. The number of urea groups is 1. The number of aromatic amines is 1. The topological polar surface area (TPSA) is 78.1 Å². The van der Waals surface area contributed by atoms with Crippen LogP contribution in [0.5, 0.6) is 0 Å². The normalized spacial score (nSPS) is 18.4. The molecule has 0 saturated carbocycles. The van der Waals surface area contributed by atoms with Crippen molar-refractivity contribution in [2.45, 2.75) is 12.6 Å². The Morgan fingerprint density at radius 1 is 1.25 bits per heavy atom. The number of hydrogen-bond donors (Lipinski definition) is 2. The van der Waals surface area contributed by atoms with E-state index in [0.29, 0.717) is 16.3 Å². The number of carbonyl (C=O) groups excluding carboxylic acids is 2. The molecule has 102 valence electrons. The van der Waals surface area contributed by atoms with Gasteiger partial charge in [-0.15, -0.1) is 0 Å². The molecule has 2 aromatic rings. The fourth-order valence-electron chi connectivity index (χ4n) is 2.09. The van der Waals surface area contributed by atoms with Crippen molar-refractivity contribution >= 4 is 23.5 Å². The molecular weight excluding hydrogens is 280 g/mol. The summed E-state index contributed by atoms with van der Waals surface area (Å²) < 4.78 is 0. The minimum Gasteiger partial charge on any atom is -0.347 e. The van der Waals surface area contributed by atoms with Gasteiger partial charge < -0.3 is 10.3 Å². The Morgan fingerprint density at radius 3 is 2.65 bits per heavy atom. The van der Waals surface area contributed by atoms with E-state index < -0.39 is 12.1 Å². The predicted molar refractivity (Wildman–Crippen MR) is 71.9 cm³/mol. The average molecular weight is 291 g/mol. The molecule has 20 heavy (non-hydrogen) atoms. The summed E-state index contributed by atoms with van der Waals surface area (Å²) in [6.07, 6.45) is 3.08. The number of H-pyrrole nitrogens is 1. The van der Waals surface area contributed by atoms with Crippen molar-refractivity contribution in [1.29, 1.82) is 0 Å². The second-order valence-corrected chi connectivity index (χ2v) is 4.87. The molecule has 1 atom stereocenters. The van der Waals surface area contributed by atoms with Crippen LogP contribution in [0.2, 0.25) is 5.02 Å². The van der Waals surface area contributed by atoms with E-state index >= 15 is 0 Å². The van der Waals surface area contributed by atoms with Gasteiger partial charge in [-0.2, -0.15) is 0 Å². The largest absolute Gasteiger partial charge is 0.347 e. The van der Waals surface area contributed by atoms with E-state index in [1.807, 2.05) is 0 Å². The highest BCUT2D eigenvalue weighted by molar-refractivity contribution is 6.30. The third-order valence-corrected chi connectivity index (χ3v) is 3.36. The van der Waals surface area contributed by atoms with Gasteiger partial charge in [-0.05, 0) is 17.7 Å². The fourth-order valence-corrected chi connectivity index (χ4v) is 2.22. The summed E-state index contributed by atoms with van der Waals surface area (Å²) >= 11 is 5.81. The number of aromatic nitrogens is 2. The molecule has 0 aliphatic carbocycles.